The second-order valence-electron chi connectivity index (χ2n) is 6.83. The van der Waals surface area contributed by atoms with Crippen LogP contribution in [-0.4, -0.2) is 46.8 Å². The lowest BCUT2D eigenvalue weighted by Gasteiger charge is -2.14. The predicted octanol–water partition coefficient (Wildman–Crippen LogP) is 3.75. The number of amides is 1. The fourth-order valence-electron chi connectivity index (χ4n) is 2.71. The molecule has 1 heterocycles. The summed E-state index contributed by atoms with van der Waals surface area (Å²) < 4.78 is 10.2. The van der Waals surface area contributed by atoms with Crippen molar-refractivity contribution < 1.29 is 29.3 Å². The number of halogens is 1. The van der Waals surface area contributed by atoms with Crippen molar-refractivity contribution in [2.45, 2.75) is 19.4 Å². The maximum atomic E-state index is 12.0. The van der Waals surface area contributed by atoms with E-state index in [0.29, 0.717) is 11.4 Å². The van der Waals surface area contributed by atoms with Gasteiger partial charge in [-0.2, -0.15) is 0 Å². The fourth-order valence-corrected chi connectivity index (χ4v) is 2.84. The lowest BCUT2D eigenvalue weighted by Crippen LogP contribution is -2.33. The van der Waals surface area contributed by atoms with E-state index in [2.05, 4.69) is 10.3 Å². The minimum absolute atomic E-state index is 0.124. The highest BCUT2D eigenvalue weighted by atomic mass is 35.5. The number of carbonyl (C=O) groups excluding carboxylic acids is 2. The van der Waals surface area contributed by atoms with Crippen LogP contribution in [0.25, 0.3) is 0 Å². The zero-order valence-corrected chi connectivity index (χ0v) is 19.0. The first-order chi connectivity index (χ1) is 15.8. The van der Waals surface area contributed by atoms with Gasteiger partial charge in [-0.3, -0.25) is 9.59 Å². The van der Waals surface area contributed by atoms with Gasteiger partial charge in [0.15, 0.2) is 17.2 Å². The molecule has 0 aliphatic heterocycles. The van der Waals surface area contributed by atoms with Crippen LogP contribution in [0.4, 0.5) is 0 Å². The molecule has 2 aromatic carbocycles. The quantitative estimate of drug-likeness (QED) is 0.448. The Morgan fingerprint density at radius 2 is 1.73 bits per heavy atom. The Morgan fingerprint density at radius 1 is 1.06 bits per heavy atom. The summed E-state index contributed by atoms with van der Waals surface area (Å²) in [7, 11) is 1.36. The molecule has 0 fully saturated rings. The number of carbonyl (C=O) groups is 2. The molecule has 0 aliphatic carbocycles. The average molecular weight is 473 g/mol. The molecule has 0 spiro atoms. The van der Waals surface area contributed by atoms with Gasteiger partial charge in [0.25, 0.3) is 5.91 Å². The summed E-state index contributed by atoms with van der Waals surface area (Å²) in [6, 6.07) is 17.7. The highest BCUT2D eigenvalue weighted by molar-refractivity contribution is 6.31. The monoisotopic (exact) mass is 472 g/mol. The van der Waals surface area contributed by atoms with Crippen LogP contribution in [0.3, 0.4) is 0 Å². The highest BCUT2D eigenvalue weighted by Crippen LogP contribution is 2.27. The number of aromatic hydroxyl groups is 2. The molecule has 1 unspecified atom stereocenters. The molecule has 33 heavy (non-hydrogen) atoms. The highest BCUT2D eigenvalue weighted by Gasteiger charge is 2.18. The maximum absolute atomic E-state index is 12.0. The average Bonchev–Trinajstić information content (AvgIpc) is 2.80. The van der Waals surface area contributed by atoms with Gasteiger partial charge in [0, 0.05) is 18.7 Å². The second-order valence-corrected chi connectivity index (χ2v) is 7.24. The number of benzene rings is 2. The van der Waals surface area contributed by atoms with Crippen LogP contribution in [0.5, 0.6) is 17.2 Å². The van der Waals surface area contributed by atoms with E-state index in [-0.39, 0.29) is 35.6 Å². The molecule has 3 aromatic rings. The third-order valence-electron chi connectivity index (χ3n) is 4.27. The smallest absolute Gasteiger partial charge is 0.325 e. The minimum atomic E-state index is -0.691. The number of pyridine rings is 1. The molecule has 174 valence electrons. The molecule has 1 atom stereocenters. The van der Waals surface area contributed by atoms with Gasteiger partial charge in [-0.05, 0) is 24.6 Å². The number of esters is 1. The van der Waals surface area contributed by atoms with Gasteiger partial charge in [-0.1, -0.05) is 54.1 Å². The lowest BCUT2D eigenvalue weighted by atomic mass is 10.1. The van der Waals surface area contributed by atoms with Crippen molar-refractivity contribution in [3.8, 4) is 17.2 Å². The van der Waals surface area contributed by atoms with Crippen LogP contribution in [0.2, 0.25) is 5.02 Å². The standard InChI is InChI=1S/C18H20N2O5.C6H5ClO/c1-12(10-13-6-4-3-5-7-13)25-15(21)11-20-18(23)16-17(22)14(24-2)8-9-19-16;7-5-3-1-2-4-6(5)8/h3-9,12,22H,10-11H2,1-2H3,(H,20,23);1-4,8H. The van der Waals surface area contributed by atoms with E-state index in [9.17, 15) is 14.7 Å². The maximum Gasteiger partial charge on any atom is 0.325 e. The van der Waals surface area contributed by atoms with E-state index in [1.807, 2.05) is 30.3 Å². The normalized spacial score (nSPS) is 10.9. The Morgan fingerprint density at radius 3 is 2.33 bits per heavy atom. The van der Waals surface area contributed by atoms with E-state index in [1.165, 1.54) is 19.4 Å². The third kappa shape index (κ3) is 8.34. The topological polar surface area (TPSA) is 118 Å². The summed E-state index contributed by atoms with van der Waals surface area (Å²) in [6.45, 7) is 1.46. The first-order valence-corrected chi connectivity index (χ1v) is 10.4. The summed E-state index contributed by atoms with van der Waals surface area (Å²) in [6.07, 6.45) is 1.59. The number of rotatable bonds is 7. The zero-order chi connectivity index (χ0) is 24.2. The summed E-state index contributed by atoms with van der Waals surface area (Å²) in [4.78, 5) is 27.6. The Bertz CT molecular complexity index is 1040. The lowest BCUT2D eigenvalue weighted by molar-refractivity contribution is -0.146. The number of hydrogen-bond donors (Lipinski definition) is 3. The minimum Gasteiger partial charge on any atom is -0.506 e. The van der Waals surface area contributed by atoms with Crippen LogP contribution in [0.1, 0.15) is 23.0 Å². The van der Waals surface area contributed by atoms with Gasteiger partial charge in [0.1, 0.15) is 18.4 Å². The number of phenols is 1. The van der Waals surface area contributed by atoms with Crippen LogP contribution in [0.15, 0.2) is 66.9 Å². The Kier molecular flexibility index (Phi) is 9.98. The van der Waals surface area contributed by atoms with Gasteiger partial charge in [-0.15, -0.1) is 0 Å². The third-order valence-corrected chi connectivity index (χ3v) is 4.59. The molecule has 1 aromatic heterocycles. The Labute approximate surface area is 196 Å². The second kappa shape index (κ2) is 12.9. The number of hydrogen-bond acceptors (Lipinski definition) is 7. The van der Waals surface area contributed by atoms with E-state index in [4.69, 9.17) is 26.2 Å². The molecular formula is C24H25ClN2O6. The molecule has 0 saturated heterocycles. The van der Waals surface area contributed by atoms with Gasteiger partial charge in [0.2, 0.25) is 0 Å². The first kappa shape index (κ1) is 25.5. The van der Waals surface area contributed by atoms with Crippen molar-refractivity contribution in [3.05, 3.63) is 83.1 Å². The molecule has 0 bridgehead atoms. The van der Waals surface area contributed by atoms with Crippen molar-refractivity contribution in [3.63, 3.8) is 0 Å². The number of phenolic OH excluding ortho intramolecular Hbond substituents is 1. The van der Waals surface area contributed by atoms with Crippen molar-refractivity contribution in [2.75, 3.05) is 13.7 Å². The molecule has 8 nitrogen and oxygen atoms in total. The van der Waals surface area contributed by atoms with Gasteiger partial charge < -0.3 is 25.0 Å². The largest absolute Gasteiger partial charge is 0.506 e. The van der Waals surface area contributed by atoms with Crippen LogP contribution < -0.4 is 10.1 Å². The number of methoxy groups -OCH3 is 1. The van der Waals surface area contributed by atoms with Crippen molar-refractivity contribution >= 4 is 23.5 Å². The molecule has 0 saturated carbocycles. The number of aromatic nitrogens is 1. The van der Waals surface area contributed by atoms with Gasteiger partial charge in [0.05, 0.1) is 12.1 Å². The Hall–Kier alpha value is -3.78. The SMILES string of the molecule is COc1ccnc(C(=O)NCC(=O)OC(C)Cc2ccccc2)c1O.Oc1ccccc1Cl. The van der Waals surface area contributed by atoms with E-state index in [0.717, 1.165) is 5.56 Å². The summed E-state index contributed by atoms with van der Waals surface area (Å²) >= 11 is 5.46. The molecule has 0 aliphatic rings. The zero-order valence-electron chi connectivity index (χ0n) is 18.2. The van der Waals surface area contributed by atoms with E-state index in [1.54, 1.807) is 31.2 Å². The van der Waals surface area contributed by atoms with Crippen LogP contribution in [-0.2, 0) is 16.0 Å². The Balaban J connectivity index is 0.000000405. The fraction of sp³-hybridized carbons (Fsp3) is 0.208. The van der Waals surface area contributed by atoms with Crippen molar-refractivity contribution in [2.24, 2.45) is 0 Å². The predicted molar refractivity (Wildman–Crippen MR) is 124 cm³/mol. The molecule has 3 N–H and O–H groups in total. The van der Waals surface area contributed by atoms with E-state index < -0.39 is 11.9 Å². The van der Waals surface area contributed by atoms with Gasteiger partial charge >= 0.3 is 5.97 Å². The van der Waals surface area contributed by atoms with E-state index >= 15 is 0 Å². The number of nitrogens with zero attached hydrogens (tertiary/aromatic N) is 1. The summed E-state index contributed by atoms with van der Waals surface area (Å²) in [5.41, 5.74) is 0.835. The van der Waals surface area contributed by atoms with Crippen LogP contribution in [0, 0.1) is 0 Å². The molecule has 3 rings (SSSR count). The number of nitrogens with one attached hydrogen (secondary N) is 1. The molecule has 0 radical (unpaired) electrons. The molecule has 1 amide bonds. The first-order valence-electron chi connectivity index (χ1n) is 9.98. The van der Waals surface area contributed by atoms with Crippen LogP contribution >= 0.6 is 11.6 Å². The summed E-state index contributed by atoms with van der Waals surface area (Å²) in [5, 5.41) is 21.4. The summed E-state index contributed by atoms with van der Waals surface area (Å²) in [5.74, 6) is -1.38. The number of para-hydroxylation sites is 1. The van der Waals surface area contributed by atoms with Crippen molar-refractivity contribution in [1.82, 2.24) is 10.3 Å². The number of ether oxygens (including phenoxy) is 2. The molecular weight excluding hydrogens is 448 g/mol. The van der Waals surface area contributed by atoms with Gasteiger partial charge in [-0.25, -0.2) is 4.98 Å². The molecule has 9 heteroatoms. The van der Waals surface area contributed by atoms with Crippen molar-refractivity contribution in [1.29, 1.82) is 0 Å².